The zero-order valence-corrected chi connectivity index (χ0v) is 13.8. The van der Waals surface area contributed by atoms with Gasteiger partial charge in [0.25, 0.3) is 0 Å². The molecule has 1 aliphatic heterocycles. The molecular formula is C13H22ClN3O2S. The monoisotopic (exact) mass is 319 g/mol. The summed E-state index contributed by atoms with van der Waals surface area (Å²) in [6.07, 6.45) is 1.41. The van der Waals surface area contributed by atoms with E-state index in [0.29, 0.717) is 19.0 Å². The van der Waals surface area contributed by atoms with Crippen molar-refractivity contribution in [2.75, 3.05) is 20.1 Å². The number of thiazole rings is 1. The number of carbonyl (C=O) groups excluding carboxylic acids is 1. The molecule has 5 nitrogen and oxygen atoms in total. The number of carbonyl (C=O) groups is 1. The first kappa shape index (κ1) is 17.2. The van der Waals surface area contributed by atoms with Gasteiger partial charge in [0.2, 0.25) is 5.91 Å². The van der Waals surface area contributed by atoms with Gasteiger partial charge in [0, 0.05) is 43.2 Å². The Morgan fingerprint density at radius 1 is 1.50 bits per heavy atom. The van der Waals surface area contributed by atoms with Gasteiger partial charge in [-0.1, -0.05) is 11.3 Å². The van der Waals surface area contributed by atoms with E-state index in [9.17, 15) is 9.59 Å². The van der Waals surface area contributed by atoms with Crippen molar-refractivity contribution in [3.63, 3.8) is 0 Å². The molecule has 0 spiro atoms. The van der Waals surface area contributed by atoms with E-state index in [1.807, 2.05) is 25.8 Å². The van der Waals surface area contributed by atoms with E-state index < -0.39 is 0 Å². The number of nitrogens with one attached hydrogen (secondary N) is 1. The Balaban J connectivity index is 0.00000200. The Bertz CT molecular complexity index is 520. The fourth-order valence-electron chi connectivity index (χ4n) is 2.40. The fourth-order valence-corrected chi connectivity index (χ4v) is 3.26. The molecule has 1 atom stereocenters. The van der Waals surface area contributed by atoms with E-state index >= 15 is 0 Å². The highest BCUT2D eigenvalue weighted by Crippen LogP contribution is 2.11. The molecule has 1 fully saturated rings. The second kappa shape index (κ2) is 7.24. The predicted octanol–water partition coefficient (Wildman–Crippen LogP) is 1.16. The third kappa shape index (κ3) is 3.62. The molecule has 1 N–H and O–H groups in total. The van der Waals surface area contributed by atoms with Crippen LogP contribution in [0.15, 0.2) is 4.79 Å². The van der Waals surface area contributed by atoms with Crippen molar-refractivity contribution in [2.45, 2.75) is 39.3 Å². The Morgan fingerprint density at radius 3 is 2.70 bits per heavy atom. The highest BCUT2D eigenvalue weighted by Gasteiger charge is 2.23. The summed E-state index contributed by atoms with van der Waals surface area (Å²) in [5.74, 6) is 0.115. The lowest BCUT2D eigenvalue weighted by atomic mass is 10.2. The van der Waals surface area contributed by atoms with Gasteiger partial charge in [-0.05, 0) is 26.8 Å². The maximum Gasteiger partial charge on any atom is 0.307 e. The van der Waals surface area contributed by atoms with Crippen LogP contribution in [0.1, 0.15) is 23.4 Å². The lowest BCUT2D eigenvalue weighted by Gasteiger charge is -2.23. The largest absolute Gasteiger partial charge is 0.341 e. The first-order valence-electron chi connectivity index (χ1n) is 6.64. The molecule has 1 amide bonds. The lowest BCUT2D eigenvalue weighted by molar-refractivity contribution is -0.131. The van der Waals surface area contributed by atoms with E-state index in [1.54, 1.807) is 4.57 Å². The third-order valence-corrected chi connectivity index (χ3v) is 4.90. The quantitative estimate of drug-likeness (QED) is 0.906. The van der Waals surface area contributed by atoms with Crippen LogP contribution in [-0.2, 0) is 11.3 Å². The van der Waals surface area contributed by atoms with E-state index in [1.165, 1.54) is 11.3 Å². The lowest BCUT2D eigenvalue weighted by Crippen LogP contribution is -2.39. The number of rotatable bonds is 4. The average molecular weight is 320 g/mol. The summed E-state index contributed by atoms with van der Waals surface area (Å²) in [7, 11) is 1.86. The van der Waals surface area contributed by atoms with E-state index in [4.69, 9.17) is 0 Å². The zero-order chi connectivity index (χ0) is 14.0. The number of nitrogens with zero attached hydrogens (tertiary/aromatic N) is 2. The van der Waals surface area contributed by atoms with Gasteiger partial charge < -0.3 is 14.8 Å². The van der Waals surface area contributed by atoms with Gasteiger partial charge in [0.1, 0.15) is 0 Å². The van der Waals surface area contributed by atoms with Crippen molar-refractivity contribution < 1.29 is 4.79 Å². The maximum atomic E-state index is 12.1. The summed E-state index contributed by atoms with van der Waals surface area (Å²) >= 11 is 1.25. The van der Waals surface area contributed by atoms with Crippen molar-refractivity contribution in [1.82, 2.24) is 14.8 Å². The number of amides is 1. The number of likely N-dealkylation sites (N-methyl/N-ethyl adjacent to an activating group) is 1. The third-order valence-electron chi connectivity index (χ3n) is 3.90. The molecule has 1 unspecified atom stereocenters. The normalized spacial score (nSPS) is 17.9. The molecule has 0 aliphatic carbocycles. The van der Waals surface area contributed by atoms with Crippen molar-refractivity contribution in [2.24, 2.45) is 0 Å². The smallest absolute Gasteiger partial charge is 0.307 e. The van der Waals surface area contributed by atoms with Gasteiger partial charge in [-0.15, -0.1) is 12.4 Å². The van der Waals surface area contributed by atoms with E-state index in [0.717, 1.165) is 30.1 Å². The highest BCUT2D eigenvalue weighted by atomic mass is 35.5. The first-order chi connectivity index (χ1) is 9.00. The molecule has 0 aromatic carbocycles. The number of aromatic nitrogens is 1. The molecule has 114 valence electrons. The van der Waals surface area contributed by atoms with Gasteiger partial charge in [-0.25, -0.2) is 0 Å². The van der Waals surface area contributed by atoms with Gasteiger partial charge in [0.05, 0.1) is 0 Å². The minimum absolute atomic E-state index is 0. The van der Waals surface area contributed by atoms with Crippen LogP contribution in [0.5, 0.6) is 0 Å². The summed E-state index contributed by atoms with van der Waals surface area (Å²) in [5.41, 5.74) is 0.980. The predicted molar refractivity (Wildman–Crippen MR) is 84.0 cm³/mol. The van der Waals surface area contributed by atoms with Crippen LogP contribution in [0.2, 0.25) is 0 Å². The van der Waals surface area contributed by atoms with Crippen LogP contribution < -0.4 is 10.2 Å². The van der Waals surface area contributed by atoms with Crippen LogP contribution >= 0.6 is 23.7 Å². The Morgan fingerprint density at radius 2 is 2.20 bits per heavy atom. The molecule has 1 aliphatic rings. The van der Waals surface area contributed by atoms with Gasteiger partial charge >= 0.3 is 4.87 Å². The van der Waals surface area contributed by atoms with Gasteiger partial charge in [-0.3, -0.25) is 9.59 Å². The average Bonchev–Trinajstić information content (AvgIpc) is 2.97. The van der Waals surface area contributed by atoms with Crippen molar-refractivity contribution in [3.8, 4) is 0 Å². The molecule has 2 rings (SSSR count). The maximum absolute atomic E-state index is 12.1. The van der Waals surface area contributed by atoms with E-state index in [-0.39, 0.29) is 23.2 Å². The highest BCUT2D eigenvalue weighted by molar-refractivity contribution is 7.09. The fraction of sp³-hybridized carbons (Fsp3) is 0.692. The standard InChI is InChI=1S/C13H21N3O2S.ClH/c1-9-10(2)19-13(18)16(9)7-5-12(17)15(3)11-4-6-14-8-11;/h11,14H,4-8H2,1-3H3;1H. The topological polar surface area (TPSA) is 54.3 Å². The van der Waals surface area contributed by atoms with Crippen molar-refractivity contribution in [3.05, 3.63) is 20.2 Å². The minimum Gasteiger partial charge on any atom is -0.341 e. The van der Waals surface area contributed by atoms with Gasteiger partial charge in [-0.2, -0.15) is 0 Å². The Hall–Kier alpha value is -0.850. The summed E-state index contributed by atoms with van der Waals surface area (Å²) in [6, 6.07) is 0.300. The summed E-state index contributed by atoms with van der Waals surface area (Å²) in [5, 5.41) is 3.26. The number of hydrogen-bond donors (Lipinski definition) is 1. The molecule has 1 saturated heterocycles. The van der Waals surface area contributed by atoms with Crippen molar-refractivity contribution >= 4 is 29.7 Å². The first-order valence-corrected chi connectivity index (χ1v) is 7.45. The van der Waals surface area contributed by atoms with Crippen molar-refractivity contribution in [1.29, 1.82) is 0 Å². The molecule has 20 heavy (non-hydrogen) atoms. The molecule has 1 aromatic rings. The van der Waals surface area contributed by atoms with E-state index in [2.05, 4.69) is 5.32 Å². The summed E-state index contributed by atoms with van der Waals surface area (Å²) in [4.78, 5) is 26.8. The number of aryl methyl sites for hydroxylation is 1. The second-order valence-corrected chi connectivity index (χ2v) is 6.23. The molecule has 7 heteroatoms. The Labute approximate surface area is 129 Å². The summed E-state index contributed by atoms with van der Waals surface area (Å²) < 4.78 is 1.71. The van der Waals surface area contributed by atoms with Crippen LogP contribution in [-0.4, -0.2) is 41.6 Å². The molecule has 0 radical (unpaired) electrons. The number of hydrogen-bond acceptors (Lipinski definition) is 4. The molecular weight excluding hydrogens is 298 g/mol. The number of halogens is 1. The minimum atomic E-state index is 0. The van der Waals surface area contributed by atoms with Crippen LogP contribution in [0, 0.1) is 13.8 Å². The van der Waals surface area contributed by atoms with Crippen LogP contribution in [0.25, 0.3) is 0 Å². The molecule has 0 bridgehead atoms. The van der Waals surface area contributed by atoms with Crippen LogP contribution in [0.3, 0.4) is 0 Å². The van der Waals surface area contributed by atoms with Gasteiger partial charge in [0.15, 0.2) is 0 Å². The molecule has 0 saturated carbocycles. The second-order valence-electron chi connectivity index (χ2n) is 5.06. The zero-order valence-electron chi connectivity index (χ0n) is 12.1. The Kier molecular flexibility index (Phi) is 6.23. The summed E-state index contributed by atoms with van der Waals surface area (Å²) in [6.45, 7) is 6.21. The SMILES string of the molecule is Cc1sc(=O)n(CCC(=O)N(C)C2CCNC2)c1C.Cl. The molecule has 1 aromatic heterocycles. The molecule has 2 heterocycles. The van der Waals surface area contributed by atoms with Crippen LogP contribution in [0.4, 0.5) is 0 Å².